The van der Waals surface area contributed by atoms with Gasteiger partial charge in [-0.1, -0.05) is 31.4 Å². The van der Waals surface area contributed by atoms with Crippen LogP contribution in [-0.4, -0.2) is 43.1 Å². The average molecular weight is 518 g/mol. The number of rotatable bonds is 6. The minimum atomic E-state index is -0.883. The lowest BCUT2D eigenvalue weighted by atomic mass is 9.80. The van der Waals surface area contributed by atoms with E-state index in [2.05, 4.69) is 10.3 Å². The normalized spacial score (nSPS) is 21.1. The lowest BCUT2D eigenvalue weighted by molar-refractivity contribution is 0.0309. The zero-order valence-electron chi connectivity index (χ0n) is 21.2. The maximum Gasteiger partial charge on any atom is 0.258 e. The van der Waals surface area contributed by atoms with E-state index in [1.807, 2.05) is 18.2 Å². The summed E-state index contributed by atoms with van der Waals surface area (Å²) in [7, 11) is 0. The SMILES string of the molecule is Cc1nc([C@@H](C)c2cc(Cl)c(F)c(C(=O)N[C@@]3(C)CCCC[C@H]3O)c2OC(C)C)n2ccnc(N)c12. The fraction of sp³-hybridized carbons (Fsp3) is 0.500. The first-order valence-electron chi connectivity index (χ1n) is 12.2. The fourth-order valence-corrected chi connectivity index (χ4v) is 5.22. The van der Waals surface area contributed by atoms with Crippen LogP contribution in [0.5, 0.6) is 5.75 Å². The van der Waals surface area contributed by atoms with Gasteiger partial charge in [-0.25, -0.2) is 14.4 Å². The van der Waals surface area contributed by atoms with E-state index in [0.29, 0.717) is 41.3 Å². The Labute approximate surface area is 215 Å². The number of halogens is 2. The molecule has 36 heavy (non-hydrogen) atoms. The van der Waals surface area contributed by atoms with Gasteiger partial charge in [0.25, 0.3) is 5.91 Å². The Morgan fingerprint density at radius 1 is 1.39 bits per heavy atom. The Balaban J connectivity index is 1.86. The van der Waals surface area contributed by atoms with Crippen molar-refractivity contribution in [3.63, 3.8) is 0 Å². The van der Waals surface area contributed by atoms with Crippen molar-refractivity contribution < 1.29 is 19.0 Å². The van der Waals surface area contributed by atoms with Crippen LogP contribution in [0.15, 0.2) is 18.5 Å². The van der Waals surface area contributed by atoms with Crippen molar-refractivity contribution in [2.45, 2.75) is 84.0 Å². The number of benzene rings is 1. The number of ether oxygens (including phenoxy) is 1. The summed E-state index contributed by atoms with van der Waals surface area (Å²) in [5, 5.41) is 13.3. The van der Waals surface area contributed by atoms with Crippen LogP contribution < -0.4 is 15.8 Å². The summed E-state index contributed by atoms with van der Waals surface area (Å²) < 4.78 is 23.4. The summed E-state index contributed by atoms with van der Waals surface area (Å²) >= 11 is 6.34. The van der Waals surface area contributed by atoms with Crippen molar-refractivity contribution in [2.24, 2.45) is 0 Å². The number of nitrogens with zero attached hydrogens (tertiary/aromatic N) is 3. The van der Waals surface area contributed by atoms with Gasteiger partial charge in [-0.3, -0.25) is 9.20 Å². The van der Waals surface area contributed by atoms with E-state index in [9.17, 15) is 9.90 Å². The largest absolute Gasteiger partial charge is 0.490 e. The minimum absolute atomic E-state index is 0.0993. The topological polar surface area (TPSA) is 115 Å². The molecular formula is C26H33ClFN5O3. The molecule has 1 aliphatic carbocycles. The van der Waals surface area contributed by atoms with Gasteiger partial charge in [-0.2, -0.15) is 0 Å². The van der Waals surface area contributed by atoms with E-state index in [0.717, 1.165) is 12.8 Å². The highest BCUT2D eigenvalue weighted by atomic mass is 35.5. The van der Waals surface area contributed by atoms with E-state index in [4.69, 9.17) is 27.1 Å². The molecule has 3 aromatic rings. The molecule has 0 aliphatic heterocycles. The predicted molar refractivity (Wildman–Crippen MR) is 137 cm³/mol. The second-order valence-electron chi connectivity index (χ2n) is 10.1. The lowest BCUT2D eigenvalue weighted by Crippen LogP contribution is -2.56. The molecule has 194 valence electrons. The van der Waals surface area contributed by atoms with E-state index < -0.39 is 29.3 Å². The first-order chi connectivity index (χ1) is 16.9. The number of nitrogen functional groups attached to an aromatic ring is 1. The number of hydrogen-bond acceptors (Lipinski definition) is 6. The van der Waals surface area contributed by atoms with E-state index in [1.54, 1.807) is 33.2 Å². The molecule has 1 fully saturated rings. The number of carbonyl (C=O) groups excluding carboxylic acids is 1. The van der Waals surface area contributed by atoms with Gasteiger partial charge in [0.1, 0.15) is 28.5 Å². The number of anilines is 1. The molecule has 10 heteroatoms. The van der Waals surface area contributed by atoms with Gasteiger partial charge in [-0.15, -0.1) is 0 Å². The zero-order chi connectivity index (χ0) is 26.4. The molecule has 4 N–H and O–H groups in total. The maximum absolute atomic E-state index is 15.5. The molecule has 0 unspecified atom stereocenters. The van der Waals surface area contributed by atoms with Crippen molar-refractivity contribution in [1.82, 2.24) is 19.7 Å². The minimum Gasteiger partial charge on any atom is -0.490 e. The number of fused-ring (bicyclic) bond motifs is 1. The number of aromatic nitrogens is 3. The summed E-state index contributed by atoms with van der Waals surface area (Å²) in [6, 6.07) is 1.48. The second-order valence-corrected chi connectivity index (χ2v) is 10.5. The van der Waals surface area contributed by atoms with Gasteiger partial charge in [0, 0.05) is 23.9 Å². The Bertz CT molecular complexity index is 1310. The molecule has 1 aromatic carbocycles. The third-order valence-electron chi connectivity index (χ3n) is 6.98. The highest BCUT2D eigenvalue weighted by Gasteiger charge is 2.39. The van der Waals surface area contributed by atoms with E-state index in [1.165, 1.54) is 6.07 Å². The lowest BCUT2D eigenvalue weighted by Gasteiger charge is -2.39. The third kappa shape index (κ3) is 4.62. The van der Waals surface area contributed by atoms with Crippen molar-refractivity contribution in [2.75, 3.05) is 5.73 Å². The van der Waals surface area contributed by atoms with Crippen LogP contribution in [-0.2, 0) is 0 Å². The summed E-state index contributed by atoms with van der Waals surface area (Å²) in [4.78, 5) is 22.4. The van der Waals surface area contributed by atoms with Crippen LogP contribution in [0, 0.1) is 12.7 Å². The Hall–Kier alpha value is -2.91. The molecule has 1 saturated carbocycles. The molecule has 1 aliphatic rings. The van der Waals surface area contributed by atoms with Crippen LogP contribution in [0.1, 0.15) is 86.7 Å². The number of aryl methyl sites for hydroxylation is 1. The Morgan fingerprint density at radius 2 is 2.11 bits per heavy atom. The number of carbonyl (C=O) groups is 1. The number of amides is 1. The number of hydrogen-bond donors (Lipinski definition) is 3. The molecule has 1 amide bonds. The van der Waals surface area contributed by atoms with Gasteiger partial charge < -0.3 is 20.9 Å². The molecule has 3 atom stereocenters. The van der Waals surface area contributed by atoms with Gasteiger partial charge in [0.15, 0.2) is 5.82 Å². The van der Waals surface area contributed by atoms with Crippen LogP contribution >= 0.6 is 11.6 Å². The fourth-order valence-electron chi connectivity index (χ4n) is 5.01. The van der Waals surface area contributed by atoms with Crippen LogP contribution in [0.2, 0.25) is 5.02 Å². The van der Waals surface area contributed by atoms with Crippen molar-refractivity contribution in [3.05, 3.63) is 51.9 Å². The second kappa shape index (κ2) is 9.86. The molecule has 0 radical (unpaired) electrons. The smallest absolute Gasteiger partial charge is 0.258 e. The highest BCUT2D eigenvalue weighted by Crippen LogP contribution is 2.40. The molecule has 2 heterocycles. The summed E-state index contributed by atoms with van der Waals surface area (Å²) in [5.41, 5.74) is 6.80. The number of aliphatic hydroxyl groups is 1. The quantitative estimate of drug-likeness (QED) is 0.433. The molecule has 2 aromatic heterocycles. The number of imidazole rings is 1. The predicted octanol–water partition coefficient (Wildman–Crippen LogP) is 4.77. The summed E-state index contributed by atoms with van der Waals surface area (Å²) in [6.07, 6.45) is 5.13. The maximum atomic E-state index is 15.5. The van der Waals surface area contributed by atoms with Gasteiger partial charge in [0.05, 0.1) is 28.5 Å². The van der Waals surface area contributed by atoms with E-state index in [-0.39, 0.29) is 22.4 Å². The summed E-state index contributed by atoms with van der Waals surface area (Å²) in [5.74, 6) is -0.929. The molecular weight excluding hydrogens is 485 g/mol. The van der Waals surface area contributed by atoms with Crippen LogP contribution in [0.4, 0.5) is 10.2 Å². The molecule has 0 spiro atoms. The Kier molecular flexibility index (Phi) is 7.16. The highest BCUT2D eigenvalue weighted by molar-refractivity contribution is 6.31. The number of nitrogens with one attached hydrogen (secondary N) is 1. The third-order valence-corrected chi connectivity index (χ3v) is 7.25. The van der Waals surface area contributed by atoms with Crippen LogP contribution in [0.3, 0.4) is 0 Å². The van der Waals surface area contributed by atoms with Gasteiger partial charge >= 0.3 is 0 Å². The number of aliphatic hydroxyl groups excluding tert-OH is 1. The number of nitrogens with two attached hydrogens (primary N) is 1. The van der Waals surface area contributed by atoms with Gasteiger partial charge in [-0.05, 0) is 46.6 Å². The van der Waals surface area contributed by atoms with Gasteiger partial charge in [0.2, 0.25) is 0 Å². The molecule has 0 bridgehead atoms. The van der Waals surface area contributed by atoms with Crippen molar-refractivity contribution >= 4 is 28.8 Å². The molecule has 4 rings (SSSR count). The molecule has 8 nitrogen and oxygen atoms in total. The average Bonchev–Trinajstić information content (AvgIpc) is 3.15. The first kappa shape index (κ1) is 26.2. The van der Waals surface area contributed by atoms with E-state index >= 15 is 4.39 Å². The standard InChI is InChI=1S/C26H33ClFN5O3/c1-13(2)36-22-16(14(3)24-31-15(4)21-23(29)30-10-11-33(21)24)12-17(27)20(28)19(22)25(35)32-26(5)9-7-6-8-18(26)34/h10-14,18,34H,6-9H2,1-5H3,(H2,29,30)(H,32,35)/t14-,18+,26-/m0/s1. The first-order valence-corrected chi connectivity index (χ1v) is 12.6. The Morgan fingerprint density at radius 3 is 2.78 bits per heavy atom. The monoisotopic (exact) mass is 517 g/mol. The molecule has 0 saturated heterocycles. The zero-order valence-corrected chi connectivity index (χ0v) is 22.0. The summed E-state index contributed by atoms with van der Waals surface area (Å²) in [6.45, 7) is 9.10. The van der Waals surface area contributed by atoms with Crippen LogP contribution in [0.25, 0.3) is 5.52 Å². The van der Waals surface area contributed by atoms with Crippen molar-refractivity contribution in [3.8, 4) is 5.75 Å². The van der Waals surface area contributed by atoms with Crippen molar-refractivity contribution in [1.29, 1.82) is 0 Å².